The summed E-state index contributed by atoms with van der Waals surface area (Å²) < 4.78 is 12.3. The summed E-state index contributed by atoms with van der Waals surface area (Å²) in [4.78, 5) is 47.7. The lowest BCUT2D eigenvalue weighted by Crippen LogP contribution is -2.55. The first-order valence-electron chi connectivity index (χ1n) is 14.7. The van der Waals surface area contributed by atoms with Crippen molar-refractivity contribution >= 4 is 23.4 Å². The topological polar surface area (TPSA) is 99.6 Å². The highest BCUT2D eigenvalue weighted by molar-refractivity contribution is 6.03. The van der Waals surface area contributed by atoms with Gasteiger partial charge in [-0.2, -0.15) is 0 Å². The lowest BCUT2D eigenvalue weighted by molar-refractivity contribution is -0.147. The van der Waals surface area contributed by atoms with Gasteiger partial charge in [0.1, 0.15) is 17.4 Å². The van der Waals surface area contributed by atoms with Crippen LogP contribution in [0.1, 0.15) is 46.0 Å². The molecule has 0 saturated carbocycles. The molecule has 2 saturated heterocycles. The number of hydrogen-bond donors (Lipinski definition) is 1. The monoisotopic (exact) mass is 551 g/mol. The maximum atomic E-state index is 14.2. The van der Waals surface area contributed by atoms with Crippen molar-refractivity contribution in [1.82, 2.24) is 9.80 Å². The van der Waals surface area contributed by atoms with Gasteiger partial charge in [-0.25, -0.2) is 0 Å². The second-order valence-electron chi connectivity index (χ2n) is 11.0. The highest BCUT2D eigenvalue weighted by Crippen LogP contribution is 2.53. The molecule has 0 aromatic heterocycles. The highest BCUT2D eigenvalue weighted by atomic mass is 16.5. The number of carbonyl (C=O) groups is 3. The fourth-order valence-corrected chi connectivity index (χ4v) is 6.69. The number of nitrogens with zero attached hydrogens (tertiary/aromatic N) is 3. The van der Waals surface area contributed by atoms with Crippen LogP contribution in [0.2, 0.25) is 0 Å². The van der Waals surface area contributed by atoms with E-state index in [1.807, 2.05) is 60.4 Å². The Morgan fingerprint density at radius 1 is 0.950 bits per heavy atom. The molecule has 5 rings (SSSR count). The van der Waals surface area contributed by atoms with E-state index < -0.39 is 29.6 Å². The number of carbonyl (C=O) groups excluding carboxylic acids is 3. The molecular formula is C31H41N3O6. The third kappa shape index (κ3) is 4.94. The first-order chi connectivity index (χ1) is 19.5. The fraction of sp³-hybridized carbons (Fsp3) is 0.581. The average molecular weight is 552 g/mol. The Morgan fingerprint density at radius 3 is 2.45 bits per heavy atom. The molecule has 1 aromatic carbocycles. The molecule has 216 valence electrons. The van der Waals surface area contributed by atoms with Crippen molar-refractivity contribution in [3.8, 4) is 5.75 Å². The molecule has 1 N–H and O–H groups in total. The van der Waals surface area contributed by atoms with Crippen LogP contribution >= 0.6 is 0 Å². The van der Waals surface area contributed by atoms with Crippen LogP contribution in [0.15, 0.2) is 48.6 Å². The minimum atomic E-state index is -1.22. The van der Waals surface area contributed by atoms with Crippen molar-refractivity contribution in [2.45, 2.75) is 63.7 Å². The number of aliphatic hydroxyl groups excluding tert-OH is 1. The number of hydrogen-bond acceptors (Lipinski definition) is 6. The maximum Gasteiger partial charge on any atom is 0.249 e. The number of anilines is 1. The van der Waals surface area contributed by atoms with Crippen LogP contribution in [0, 0.1) is 11.8 Å². The number of rotatable bonds is 11. The Hall–Kier alpha value is -3.17. The molecule has 1 aromatic rings. The van der Waals surface area contributed by atoms with E-state index in [1.54, 1.807) is 9.80 Å². The molecule has 9 nitrogen and oxygen atoms in total. The lowest BCUT2D eigenvalue weighted by atomic mass is 9.77. The van der Waals surface area contributed by atoms with E-state index in [1.165, 1.54) is 0 Å². The first kappa shape index (κ1) is 28.4. The largest absolute Gasteiger partial charge is 0.494 e. The molecule has 0 aliphatic carbocycles. The minimum absolute atomic E-state index is 0.0137. The summed E-state index contributed by atoms with van der Waals surface area (Å²) in [5.74, 6) is -1.38. The normalized spacial score (nSPS) is 29.4. The minimum Gasteiger partial charge on any atom is -0.494 e. The Labute approximate surface area is 236 Å². The molecular weight excluding hydrogens is 510 g/mol. The zero-order valence-electron chi connectivity index (χ0n) is 23.5. The number of fused-ring (bicyclic) bond motifs is 2. The summed E-state index contributed by atoms with van der Waals surface area (Å²) in [6.45, 7) is 6.37. The SMILES string of the molecule is CCCCCN1CC=C[C@]23O[C@H]4C=CCN(c5ccc(OCC)cc5)C(=O)[C@H]4[C@H]2C(=O)N(CCCCO)C3C1=O. The van der Waals surface area contributed by atoms with Crippen molar-refractivity contribution in [1.29, 1.82) is 0 Å². The lowest BCUT2D eigenvalue weighted by Gasteiger charge is -2.35. The van der Waals surface area contributed by atoms with Crippen LogP contribution in [0.5, 0.6) is 5.75 Å². The number of ether oxygens (including phenoxy) is 2. The molecule has 40 heavy (non-hydrogen) atoms. The van der Waals surface area contributed by atoms with E-state index in [4.69, 9.17) is 9.47 Å². The quantitative estimate of drug-likeness (QED) is 0.335. The number of unbranched alkanes of at least 4 members (excludes halogenated alkanes) is 3. The van der Waals surface area contributed by atoms with Gasteiger partial charge in [-0.3, -0.25) is 14.4 Å². The molecule has 9 heteroatoms. The second-order valence-corrected chi connectivity index (χ2v) is 11.0. The van der Waals surface area contributed by atoms with Crippen LogP contribution in [0.3, 0.4) is 0 Å². The summed E-state index contributed by atoms with van der Waals surface area (Å²) in [5.41, 5.74) is -0.500. The summed E-state index contributed by atoms with van der Waals surface area (Å²) in [7, 11) is 0. The van der Waals surface area contributed by atoms with Crippen molar-refractivity contribution in [2.75, 3.05) is 44.3 Å². The van der Waals surface area contributed by atoms with Gasteiger partial charge in [-0.05, 0) is 50.5 Å². The number of benzene rings is 1. The van der Waals surface area contributed by atoms with Crippen molar-refractivity contribution in [3.05, 3.63) is 48.6 Å². The van der Waals surface area contributed by atoms with Crippen molar-refractivity contribution in [3.63, 3.8) is 0 Å². The Balaban J connectivity index is 1.49. The molecule has 5 atom stereocenters. The molecule has 4 heterocycles. The summed E-state index contributed by atoms with van der Waals surface area (Å²) >= 11 is 0. The first-order valence-corrected chi connectivity index (χ1v) is 14.7. The molecule has 0 bridgehead atoms. The Bertz CT molecular complexity index is 1150. The van der Waals surface area contributed by atoms with Crippen molar-refractivity contribution < 1.29 is 29.0 Å². The molecule has 2 fully saturated rings. The maximum absolute atomic E-state index is 14.2. The number of amides is 3. The van der Waals surface area contributed by atoms with Crippen LogP contribution < -0.4 is 9.64 Å². The van der Waals surface area contributed by atoms with E-state index in [0.717, 1.165) is 30.7 Å². The van der Waals surface area contributed by atoms with E-state index >= 15 is 0 Å². The zero-order chi connectivity index (χ0) is 28.3. The van der Waals surface area contributed by atoms with Gasteiger partial charge in [0, 0.05) is 38.5 Å². The highest BCUT2D eigenvalue weighted by Gasteiger charge is 2.71. The zero-order valence-corrected chi connectivity index (χ0v) is 23.5. The van der Waals surface area contributed by atoms with Crippen LogP contribution in [-0.4, -0.2) is 89.8 Å². The Kier molecular flexibility index (Phi) is 8.61. The average Bonchev–Trinajstić information content (AvgIpc) is 3.26. The smallest absolute Gasteiger partial charge is 0.249 e. The van der Waals surface area contributed by atoms with Gasteiger partial charge in [-0.15, -0.1) is 0 Å². The third-order valence-corrected chi connectivity index (χ3v) is 8.54. The van der Waals surface area contributed by atoms with E-state index in [-0.39, 0.29) is 24.3 Å². The molecule has 3 amide bonds. The van der Waals surface area contributed by atoms with E-state index in [2.05, 4.69) is 6.92 Å². The molecule has 4 aliphatic rings. The van der Waals surface area contributed by atoms with Gasteiger partial charge >= 0.3 is 0 Å². The van der Waals surface area contributed by atoms with Gasteiger partial charge in [0.2, 0.25) is 17.7 Å². The van der Waals surface area contributed by atoms with Crippen molar-refractivity contribution in [2.24, 2.45) is 11.8 Å². The number of aliphatic hydroxyl groups is 1. The summed E-state index contributed by atoms with van der Waals surface area (Å²) in [6.07, 6.45) is 11.1. The van der Waals surface area contributed by atoms with Gasteiger partial charge < -0.3 is 29.3 Å². The predicted molar refractivity (Wildman–Crippen MR) is 151 cm³/mol. The second kappa shape index (κ2) is 12.1. The molecule has 1 unspecified atom stereocenters. The van der Waals surface area contributed by atoms with E-state index in [9.17, 15) is 19.5 Å². The number of likely N-dealkylation sites (tertiary alicyclic amines) is 1. The van der Waals surface area contributed by atoms with Crippen LogP contribution in [0.4, 0.5) is 5.69 Å². The summed E-state index contributed by atoms with van der Waals surface area (Å²) in [6, 6.07) is 6.55. The van der Waals surface area contributed by atoms with Crippen LogP contribution in [0.25, 0.3) is 0 Å². The standard InChI is InChI=1S/C31H41N3O6/c1-3-5-6-17-32-18-10-16-31-26(29(37)34(19-7-8-21-35)27(31)30(32)38)25-24(40-31)11-9-20-33(28(25)36)22-12-14-23(15-13-22)39-4-2/h9-16,24-27,35H,3-8,17-21H2,1-2H3/t24-,25+,26-,27?,31-/m0/s1. The third-order valence-electron chi connectivity index (χ3n) is 8.54. The predicted octanol–water partition coefficient (Wildman–Crippen LogP) is 2.93. The Morgan fingerprint density at radius 2 is 1.73 bits per heavy atom. The van der Waals surface area contributed by atoms with Gasteiger partial charge in [0.15, 0.2) is 0 Å². The summed E-state index contributed by atoms with van der Waals surface area (Å²) in [5, 5.41) is 9.38. The van der Waals surface area contributed by atoms with Crippen LogP contribution in [-0.2, 0) is 19.1 Å². The fourth-order valence-electron chi connectivity index (χ4n) is 6.69. The van der Waals surface area contributed by atoms with E-state index in [0.29, 0.717) is 45.6 Å². The molecule has 1 spiro atoms. The molecule has 0 radical (unpaired) electrons. The molecule has 4 aliphatic heterocycles. The van der Waals surface area contributed by atoms with Gasteiger partial charge in [0.25, 0.3) is 0 Å². The van der Waals surface area contributed by atoms with Gasteiger partial charge in [-0.1, -0.05) is 44.1 Å². The van der Waals surface area contributed by atoms with Gasteiger partial charge in [0.05, 0.1) is 24.5 Å².